The lowest BCUT2D eigenvalue weighted by atomic mass is 9.96. The summed E-state index contributed by atoms with van der Waals surface area (Å²) < 4.78 is 8.79. The van der Waals surface area contributed by atoms with Crippen molar-refractivity contribution in [2.45, 2.75) is 39.1 Å². The van der Waals surface area contributed by atoms with Gasteiger partial charge in [-0.15, -0.1) is 0 Å². The molecule has 1 amide bonds. The molecule has 0 saturated heterocycles. The quantitative estimate of drug-likeness (QED) is 0.218. The van der Waals surface area contributed by atoms with Gasteiger partial charge in [0.1, 0.15) is 5.69 Å². The lowest BCUT2D eigenvalue weighted by Crippen LogP contribution is -2.47. The van der Waals surface area contributed by atoms with Crippen molar-refractivity contribution >= 4 is 16.8 Å². The third kappa shape index (κ3) is 6.32. The van der Waals surface area contributed by atoms with Crippen LogP contribution in [0.4, 0.5) is 0 Å². The first-order valence-corrected chi connectivity index (χ1v) is 15.9. The van der Waals surface area contributed by atoms with Crippen LogP contribution in [0.2, 0.25) is 0 Å². The number of carbonyl (C=O) groups excluding carboxylic acids is 1. The van der Waals surface area contributed by atoms with E-state index in [-0.39, 0.29) is 30.6 Å². The van der Waals surface area contributed by atoms with Crippen molar-refractivity contribution in [1.29, 1.82) is 0 Å². The summed E-state index contributed by atoms with van der Waals surface area (Å²) in [6.07, 6.45) is -0.134. The van der Waals surface area contributed by atoms with E-state index in [2.05, 4.69) is 91.7 Å². The monoisotopic (exact) mass is 601 g/mol. The normalized spacial score (nSPS) is 18.0. The minimum absolute atomic E-state index is 0.0225. The fourth-order valence-corrected chi connectivity index (χ4v) is 6.64. The largest absolute Gasteiger partial charge is 0.394 e. The Morgan fingerprint density at radius 2 is 1.58 bits per heavy atom. The van der Waals surface area contributed by atoms with Gasteiger partial charge in [-0.3, -0.25) is 9.69 Å². The minimum atomic E-state index is -0.344. The molecule has 6 rings (SSSR count). The number of hydrogen-bond acceptors (Lipinski definition) is 4. The molecule has 0 saturated carbocycles. The first-order chi connectivity index (χ1) is 21.9. The topological polar surface area (TPSA) is 57.9 Å². The highest BCUT2D eigenvalue weighted by atomic mass is 16.5. The number of ether oxygens (including phenoxy) is 1. The van der Waals surface area contributed by atoms with Gasteiger partial charge in [-0.2, -0.15) is 0 Å². The highest BCUT2D eigenvalue weighted by molar-refractivity contribution is 6.10. The van der Waals surface area contributed by atoms with E-state index in [1.807, 2.05) is 53.8 Å². The summed E-state index contributed by atoms with van der Waals surface area (Å²) in [6, 6.07) is 35.3. The van der Waals surface area contributed by atoms with E-state index in [9.17, 15) is 9.90 Å². The second kappa shape index (κ2) is 13.4. The Morgan fingerprint density at radius 3 is 2.33 bits per heavy atom. The highest BCUT2D eigenvalue weighted by Gasteiger charge is 2.33. The van der Waals surface area contributed by atoms with Crippen LogP contribution in [0.1, 0.15) is 35.5 Å². The molecular formula is C39H43N3O3. The molecule has 0 aliphatic carbocycles. The third-order valence-corrected chi connectivity index (χ3v) is 9.23. The van der Waals surface area contributed by atoms with Crippen LogP contribution in [-0.2, 0) is 24.9 Å². The predicted octanol–water partition coefficient (Wildman–Crippen LogP) is 7.00. The Balaban J connectivity index is 1.31. The maximum Gasteiger partial charge on any atom is 0.271 e. The third-order valence-electron chi connectivity index (χ3n) is 9.23. The first kappa shape index (κ1) is 30.8. The van der Waals surface area contributed by atoms with Crippen molar-refractivity contribution in [2.75, 3.05) is 26.7 Å². The second-order valence-corrected chi connectivity index (χ2v) is 12.5. The molecule has 45 heavy (non-hydrogen) atoms. The molecule has 6 nitrogen and oxygen atoms in total. The number of benzene rings is 4. The first-order valence-electron chi connectivity index (χ1n) is 15.9. The number of aliphatic hydroxyl groups excluding tert-OH is 1. The molecule has 0 bridgehead atoms. The van der Waals surface area contributed by atoms with Crippen LogP contribution < -0.4 is 0 Å². The summed E-state index contributed by atoms with van der Waals surface area (Å²) in [6.45, 7) is 6.37. The minimum Gasteiger partial charge on any atom is -0.394 e. The Labute approximate surface area is 266 Å². The van der Waals surface area contributed by atoms with Gasteiger partial charge in [0.15, 0.2) is 0 Å². The Hall–Kier alpha value is -4.23. The molecule has 1 aliphatic rings. The van der Waals surface area contributed by atoms with E-state index in [1.54, 1.807) is 0 Å². The number of nitrogens with zero attached hydrogens (tertiary/aromatic N) is 3. The Bertz CT molecular complexity index is 1760. The zero-order valence-corrected chi connectivity index (χ0v) is 26.7. The van der Waals surface area contributed by atoms with Crippen LogP contribution in [0.15, 0.2) is 103 Å². The van der Waals surface area contributed by atoms with Gasteiger partial charge in [0.25, 0.3) is 5.91 Å². The number of para-hydroxylation sites is 1. The zero-order valence-electron chi connectivity index (χ0n) is 26.7. The number of aliphatic hydroxyl groups is 1. The SMILES string of the molecule is C[C@H](CO)N1C[C@H](C)[C@H](CN(C)Cc2ccc(-c3ccccc3)cc2)OCc2ccccc2-c2c(n(C)c3ccccc23)C1=O. The van der Waals surface area contributed by atoms with Gasteiger partial charge in [0.05, 0.1) is 25.4 Å². The van der Waals surface area contributed by atoms with Gasteiger partial charge in [-0.05, 0) is 47.9 Å². The molecular weight excluding hydrogens is 558 g/mol. The van der Waals surface area contributed by atoms with Crippen molar-refractivity contribution < 1.29 is 14.6 Å². The van der Waals surface area contributed by atoms with Crippen molar-refractivity contribution in [3.8, 4) is 22.3 Å². The predicted molar refractivity (Wildman–Crippen MR) is 182 cm³/mol. The van der Waals surface area contributed by atoms with Crippen LogP contribution in [-0.4, -0.2) is 64.3 Å². The van der Waals surface area contributed by atoms with Gasteiger partial charge in [-0.25, -0.2) is 0 Å². The zero-order chi connectivity index (χ0) is 31.5. The van der Waals surface area contributed by atoms with Crippen LogP contribution in [0.3, 0.4) is 0 Å². The van der Waals surface area contributed by atoms with Gasteiger partial charge >= 0.3 is 0 Å². The summed E-state index contributed by atoms with van der Waals surface area (Å²) in [5.41, 5.74) is 8.29. The fraction of sp³-hybridized carbons (Fsp3) is 0.308. The Morgan fingerprint density at radius 1 is 0.911 bits per heavy atom. The maximum absolute atomic E-state index is 14.6. The Kier molecular flexibility index (Phi) is 9.17. The molecule has 5 aromatic rings. The van der Waals surface area contributed by atoms with E-state index in [1.165, 1.54) is 16.7 Å². The number of fused-ring (bicyclic) bond motifs is 5. The molecule has 0 unspecified atom stereocenters. The van der Waals surface area contributed by atoms with E-state index in [0.29, 0.717) is 25.4 Å². The standard InChI is InChI=1S/C39H43N3O3/c1-27-22-42(28(2)25-43)39(44)38-37(34-16-10-11-17-35(34)41(38)4)33-15-9-8-14-32(33)26-45-36(27)24-40(3)23-29-18-20-31(21-19-29)30-12-6-5-7-13-30/h5-21,27-28,36,43H,22-26H2,1-4H3/t27-,28+,36-/m0/s1. The molecule has 0 spiro atoms. The molecule has 6 heteroatoms. The van der Waals surface area contributed by atoms with E-state index < -0.39 is 0 Å². The number of likely N-dealkylation sites (N-methyl/N-ethyl adjacent to an activating group) is 1. The smallest absolute Gasteiger partial charge is 0.271 e. The fourth-order valence-electron chi connectivity index (χ4n) is 6.64. The van der Waals surface area contributed by atoms with Gasteiger partial charge in [-0.1, -0.05) is 104 Å². The van der Waals surface area contributed by atoms with Crippen molar-refractivity contribution in [3.05, 3.63) is 120 Å². The summed E-state index contributed by atoms with van der Waals surface area (Å²) in [7, 11) is 4.09. The molecule has 0 fully saturated rings. The number of aryl methyl sites for hydroxylation is 1. The molecule has 232 valence electrons. The number of carbonyl (C=O) groups is 1. The maximum atomic E-state index is 14.6. The van der Waals surface area contributed by atoms with Crippen LogP contribution in [0.25, 0.3) is 33.2 Å². The molecule has 1 N–H and O–H groups in total. The average Bonchev–Trinajstić information content (AvgIpc) is 3.36. The summed E-state index contributed by atoms with van der Waals surface area (Å²) in [5.74, 6) is -0.0475. The molecule has 3 atom stereocenters. The van der Waals surface area contributed by atoms with Crippen molar-refractivity contribution in [2.24, 2.45) is 13.0 Å². The lowest BCUT2D eigenvalue weighted by Gasteiger charge is -2.35. The summed E-state index contributed by atoms with van der Waals surface area (Å²) in [4.78, 5) is 18.7. The van der Waals surface area contributed by atoms with Gasteiger partial charge < -0.3 is 19.3 Å². The number of rotatable bonds is 7. The van der Waals surface area contributed by atoms with E-state index >= 15 is 0 Å². The average molecular weight is 602 g/mol. The molecule has 4 aromatic carbocycles. The number of aromatic nitrogens is 1. The number of hydrogen-bond donors (Lipinski definition) is 1. The number of amides is 1. The van der Waals surface area contributed by atoms with Crippen molar-refractivity contribution in [3.63, 3.8) is 0 Å². The lowest BCUT2D eigenvalue weighted by molar-refractivity contribution is -0.0242. The van der Waals surface area contributed by atoms with E-state index in [4.69, 9.17) is 4.74 Å². The highest BCUT2D eigenvalue weighted by Crippen LogP contribution is 2.38. The van der Waals surface area contributed by atoms with E-state index in [0.717, 1.165) is 34.1 Å². The summed E-state index contributed by atoms with van der Waals surface area (Å²) in [5, 5.41) is 11.3. The molecule has 1 aromatic heterocycles. The summed E-state index contributed by atoms with van der Waals surface area (Å²) >= 11 is 0. The second-order valence-electron chi connectivity index (χ2n) is 12.5. The molecule has 1 aliphatic heterocycles. The van der Waals surface area contributed by atoms with Crippen molar-refractivity contribution in [1.82, 2.24) is 14.4 Å². The molecule has 2 heterocycles. The van der Waals surface area contributed by atoms with Crippen LogP contribution >= 0.6 is 0 Å². The van der Waals surface area contributed by atoms with Gasteiger partial charge in [0.2, 0.25) is 0 Å². The van der Waals surface area contributed by atoms with Crippen LogP contribution in [0.5, 0.6) is 0 Å². The molecule has 0 radical (unpaired) electrons. The van der Waals surface area contributed by atoms with Crippen LogP contribution in [0, 0.1) is 5.92 Å². The van der Waals surface area contributed by atoms with Gasteiger partial charge in [0, 0.05) is 49.1 Å².